The van der Waals surface area contributed by atoms with Crippen LogP contribution in [0.1, 0.15) is 24.8 Å². The zero-order valence-electron chi connectivity index (χ0n) is 15.1. The number of rotatable bonds is 10. The molecule has 1 heterocycles. The second-order valence-corrected chi connectivity index (χ2v) is 8.12. The summed E-state index contributed by atoms with van der Waals surface area (Å²) in [7, 11) is -1.76. The van der Waals surface area contributed by atoms with E-state index >= 15 is 0 Å². The molecule has 1 saturated heterocycles. The molecule has 9 nitrogen and oxygen atoms in total. The van der Waals surface area contributed by atoms with E-state index in [2.05, 4.69) is 19.5 Å². The molecule has 150 valence electrons. The summed E-state index contributed by atoms with van der Waals surface area (Å²) in [4.78, 5) is 2.76. The fourth-order valence-corrected chi connectivity index (χ4v) is 3.76. The standard InChI is InChI=1S/C16H24N3O6PS/c1-12-5-7-15(8-6-12)27(20,21)23-11-14(9-18-19-17)25-16-4-2-3-13(24-16)10-22-26/h5-8,13-14,16H,2-4,9-11,26H2,1H3. The van der Waals surface area contributed by atoms with Gasteiger partial charge in [-0.05, 0) is 43.9 Å². The van der Waals surface area contributed by atoms with Crippen molar-refractivity contribution in [3.63, 3.8) is 0 Å². The predicted octanol–water partition coefficient (Wildman–Crippen LogP) is 3.10. The average molecular weight is 417 g/mol. The van der Waals surface area contributed by atoms with Gasteiger partial charge < -0.3 is 14.0 Å². The Morgan fingerprint density at radius 2 is 2.11 bits per heavy atom. The molecule has 0 bridgehead atoms. The number of ether oxygens (including phenoxy) is 2. The SMILES string of the molecule is Cc1ccc(S(=O)(=O)OCC(CN=[N+]=[N-])OC2CCCC(COP)O2)cc1. The van der Waals surface area contributed by atoms with E-state index in [0.717, 1.165) is 18.4 Å². The zero-order valence-corrected chi connectivity index (χ0v) is 17.0. The van der Waals surface area contributed by atoms with Crippen molar-refractivity contribution in [3.05, 3.63) is 40.3 Å². The molecule has 2 rings (SSSR count). The third-order valence-electron chi connectivity index (χ3n) is 4.00. The van der Waals surface area contributed by atoms with Crippen LogP contribution in [0.25, 0.3) is 10.4 Å². The molecule has 4 atom stereocenters. The van der Waals surface area contributed by atoms with Crippen LogP contribution in [0.3, 0.4) is 0 Å². The van der Waals surface area contributed by atoms with Gasteiger partial charge in [0.05, 0.1) is 36.9 Å². The number of nitrogens with zero attached hydrogens (tertiary/aromatic N) is 3. The second kappa shape index (κ2) is 10.9. The Bertz CT molecular complexity index is 737. The van der Waals surface area contributed by atoms with Crippen LogP contribution in [0.4, 0.5) is 0 Å². The number of hydrogen-bond donors (Lipinski definition) is 0. The summed E-state index contributed by atoms with van der Waals surface area (Å²) >= 11 is 0. The summed E-state index contributed by atoms with van der Waals surface area (Å²) in [6.45, 7) is 1.94. The largest absolute Gasteiger partial charge is 0.363 e. The Hall–Kier alpha value is -1.25. The van der Waals surface area contributed by atoms with Crippen LogP contribution >= 0.6 is 9.47 Å². The van der Waals surface area contributed by atoms with Crippen LogP contribution in [0.15, 0.2) is 34.3 Å². The molecule has 4 unspecified atom stereocenters. The zero-order chi connectivity index (χ0) is 19.7. The van der Waals surface area contributed by atoms with Crippen LogP contribution in [-0.2, 0) is 28.3 Å². The second-order valence-electron chi connectivity index (χ2n) is 6.18. The van der Waals surface area contributed by atoms with E-state index in [-0.39, 0.29) is 24.2 Å². The van der Waals surface area contributed by atoms with Gasteiger partial charge in [0.2, 0.25) is 0 Å². The van der Waals surface area contributed by atoms with E-state index in [1.54, 1.807) is 12.1 Å². The molecule has 1 aromatic carbocycles. The third kappa shape index (κ3) is 7.35. The average Bonchev–Trinajstić information content (AvgIpc) is 2.65. The summed E-state index contributed by atoms with van der Waals surface area (Å²) < 4.78 is 46.3. The molecule has 0 spiro atoms. The van der Waals surface area contributed by atoms with E-state index in [9.17, 15) is 8.42 Å². The topological polar surface area (TPSA) is 120 Å². The number of azide groups is 1. The van der Waals surface area contributed by atoms with Crippen LogP contribution < -0.4 is 0 Å². The fourth-order valence-electron chi connectivity index (χ4n) is 2.61. The van der Waals surface area contributed by atoms with Crippen molar-refractivity contribution in [1.29, 1.82) is 0 Å². The Morgan fingerprint density at radius 1 is 1.37 bits per heavy atom. The summed E-state index contributed by atoms with van der Waals surface area (Å²) in [6, 6.07) is 6.33. The lowest BCUT2D eigenvalue weighted by molar-refractivity contribution is -0.220. The molecule has 1 fully saturated rings. The quantitative estimate of drug-likeness (QED) is 0.190. The Morgan fingerprint density at radius 3 is 2.78 bits per heavy atom. The lowest BCUT2D eigenvalue weighted by Gasteiger charge is -2.31. The van der Waals surface area contributed by atoms with E-state index in [1.165, 1.54) is 12.1 Å². The van der Waals surface area contributed by atoms with Gasteiger partial charge in [-0.1, -0.05) is 22.8 Å². The predicted molar refractivity (Wildman–Crippen MR) is 101 cm³/mol. The van der Waals surface area contributed by atoms with Crippen molar-refractivity contribution in [2.24, 2.45) is 5.11 Å². The van der Waals surface area contributed by atoms with Crippen molar-refractivity contribution in [1.82, 2.24) is 0 Å². The molecule has 27 heavy (non-hydrogen) atoms. The first kappa shape index (κ1) is 22.0. The minimum absolute atomic E-state index is 0.0576. The van der Waals surface area contributed by atoms with Crippen molar-refractivity contribution < 1.29 is 26.6 Å². The molecule has 0 aromatic heterocycles. The molecule has 1 aliphatic heterocycles. The van der Waals surface area contributed by atoms with Gasteiger partial charge in [-0.3, -0.25) is 4.18 Å². The number of hydrogen-bond acceptors (Lipinski definition) is 7. The van der Waals surface area contributed by atoms with Crippen LogP contribution in [0.5, 0.6) is 0 Å². The van der Waals surface area contributed by atoms with Gasteiger partial charge in [0.15, 0.2) is 6.29 Å². The van der Waals surface area contributed by atoms with Crippen molar-refractivity contribution >= 4 is 19.6 Å². The highest BCUT2D eigenvalue weighted by atomic mass is 32.2. The molecule has 0 radical (unpaired) electrons. The Balaban J connectivity index is 1.97. The number of aryl methyl sites for hydroxylation is 1. The highest BCUT2D eigenvalue weighted by molar-refractivity contribution is 7.86. The lowest BCUT2D eigenvalue weighted by Crippen LogP contribution is -2.37. The molecular formula is C16H24N3O6PS. The molecule has 11 heteroatoms. The minimum Gasteiger partial charge on any atom is -0.363 e. The lowest BCUT2D eigenvalue weighted by atomic mass is 10.1. The Kier molecular flexibility index (Phi) is 8.92. The fraction of sp³-hybridized carbons (Fsp3) is 0.625. The maximum Gasteiger partial charge on any atom is 0.297 e. The van der Waals surface area contributed by atoms with Gasteiger partial charge >= 0.3 is 0 Å². The highest BCUT2D eigenvalue weighted by Gasteiger charge is 2.27. The molecule has 0 aliphatic carbocycles. The Labute approximate surface area is 161 Å². The first-order chi connectivity index (χ1) is 12.9. The van der Waals surface area contributed by atoms with E-state index < -0.39 is 22.5 Å². The van der Waals surface area contributed by atoms with Gasteiger partial charge in [-0.15, -0.1) is 0 Å². The first-order valence-electron chi connectivity index (χ1n) is 8.54. The van der Waals surface area contributed by atoms with Gasteiger partial charge in [-0.2, -0.15) is 8.42 Å². The van der Waals surface area contributed by atoms with E-state index in [4.69, 9.17) is 23.7 Å². The molecular weight excluding hydrogens is 393 g/mol. The van der Waals surface area contributed by atoms with Gasteiger partial charge in [0.25, 0.3) is 10.1 Å². The van der Waals surface area contributed by atoms with Crippen molar-refractivity contribution in [2.75, 3.05) is 19.8 Å². The number of benzene rings is 1. The normalized spacial score (nSPS) is 21.4. The molecule has 0 amide bonds. The van der Waals surface area contributed by atoms with Crippen molar-refractivity contribution in [2.45, 2.75) is 49.6 Å². The molecule has 0 saturated carbocycles. The highest BCUT2D eigenvalue weighted by Crippen LogP contribution is 2.22. The van der Waals surface area contributed by atoms with E-state index in [0.29, 0.717) is 13.0 Å². The smallest absolute Gasteiger partial charge is 0.297 e. The van der Waals surface area contributed by atoms with Crippen LogP contribution in [0, 0.1) is 6.92 Å². The third-order valence-corrected chi connectivity index (χ3v) is 5.49. The summed E-state index contributed by atoms with van der Waals surface area (Å²) in [5.74, 6) is 0. The summed E-state index contributed by atoms with van der Waals surface area (Å²) in [5, 5.41) is 3.48. The van der Waals surface area contributed by atoms with Gasteiger partial charge in [0, 0.05) is 14.4 Å². The molecule has 1 aromatic rings. The van der Waals surface area contributed by atoms with Gasteiger partial charge in [0.1, 0.15) is 0 Å². The maximum atomic E-state index is 12.3. The summed E-state index contributed by atoms with van der Waals surface area (Å²) in [6.07, 6.45) is 1.02. The first-order valence-corrected chi connectivity index (χ1v) is 10.4. The maximum absolute atomic E-state index is 12.3. The van der Waals surface area contributed by atoms with Crippen LogP contribution in [0.2, 0.25) is 0 Å². The summed E-state index contributed by atoms with van der Waals surface area (Å²) in [5.41, 5.74) is 9.50. The van der Waals surface area contributed by atoms with Crippen LogP contribution in [-0.4, -0.2) is 46.7 Å². The van der Waals surface area contributed by atoms with Crippen molar-refractivity contribution in [3.8, 4) is 0 Å². The minimum atomic E-state index is -3.94. The van der Waals surface area contributed by atoms with E-state index in [1.807, 2.05) is 6.92 Å². The molecule has 1 aliphatic rings. The molecule has 0 N–H and O–H groups in total. The monoisotopic (exact) mass is 417 g/mol. The van der Waals surface area contributed by atoms with Gasteiger partial charge in [-0.25, -0.2) is 0 Å².